The molecule has 2 unspecified atom stereocenters. The molecule has 0 aromatic carbocycles. The van der Waals surface area contributed by atoms with Gasteiger partial charge >= 0.3 is 6.18 Å². The van der Waals surface area contributed by atoms with Gasteiger partial charge in [-0.1, -0.05) is 25.2 Å². The van der Waals surface area contributed by atoms with E-state index in [0.29, 0.717) is 34.8 Å². The molecule has 7 heteroatoms. The van der Waals surface area contributed by atoms with Gasteiger partial charge in [-0.15, -0.1) is 0 Å². The quantitative estimate of drug-likeness (QED) is 0.912. The molecule has 0 radical (unpaired) electrons. The van der Waals surface area contributed by atoms with Crippen molar-refractivity contribution in [2.75, 3.05) is 18.5 Å². The van der Waals surface area contributed by atoms with Gasteiger partial charge in [-0.25, -0.2) is 4.98 Å². The van der Waals surface area contributed by atoms with E-state index in [1.165, 1.54) is 0 Å². The second-order valence-electron chi connectivity index (χ2n) is 5.39. The Labute approximate surface area is 120 Å². The van der Waals surface area contributed by atoms with E-state index in [1.807, 2.05) is 0 Å². The number of thiazole rings is 1. The maximum absolute atomic E-state index is 12.5. The Kier molecular flexibility index (Phi) is 4.90. The van der Waals surface area contributed by atoms with Gasteiger partial charge < -0.3 is 10.1 Å². The Hall–Kier alpha value is -0.820. The predicted octanol–water partition coefficient (Wildman–Crippen LogP) is 4.03. The van der Waals surface area contributed by atoms with Crippen molar-refractivity contribution in [3.05, 3.63) is 11.1 Å². The molecular formula is C13H19F3N2OS. The first kappa shape index (κ1) is 15.6. The Morgan fingerprint density at radius 2 is 2.25 bits per heavy atom. The van der Waals surface area contributed by atoms with E-state index in [0.717, 1.165) is 25.6 Å². The van der Waals surface area contributed by atoms with Crippen LogP contribution in [0, 0.1) is 11.8 Å². The minimum absolute atomic E-state index is 0.165. The van der Waals surface area contributed by atoms with E-state index in [2.05, 4.69) is 24.1 Å². The molecule has 0 spiro atoms. The average molecular weight is 308 g/mol. The van der Waals surface area contributed by atoms with Crippen LogP contribution >= 0.6 is 11.3 Å². The number of ether oxygens (including phenoxy) is 1. The van der Waals surface area contributed by atoms with Crippen molar-refractivity contribution in [3.8, 4) is 0 Å². The third-order valence-electron chi connectivity index (χ3n) is 3.45. The minimum atomic E-state index is -4.31. The van der Waals surface area contributed by atoms with Crippen LogP contribution in [0.3, 0.4) is 0 Å². The first-order valence-electron chi connectivity index (χ1n) is 6.76. The molecule has 0 bridgehead atoms. The third kappa shape index (κ3) is 3.85. The summed E-state index contributed by atoms with van der Waals surface area (Å²) >= 11 is 0.650. The van der Waals surface area contributed by atoms with Crippen molar-refractivity contribution >= 4 is 16.5 Å². The molecular weight excluding hydrogens is 289 g/mol. The topological polar surface area (TPSA) is 34.1 Å². The van der Waals surface area contributed by atoms with Gasteiger partial charge in [0.05, 0.1) is 12.3 Å². The summed E-state index contributed by atoms with van der Waals surface area (Å²) in [5.74, 6) is 0.728. The highest BCUT2D eigenvalue weighted by Crippen LogP contribution is 2.35. The maximum Gasteiger partial charge on any atom is 0.427 e. The van der Waals surface area contributed by atoms with Gasteiger partial charge in [-0.3, -0.25) is 0 Å². The van der Waals surface area contributed by atoms with Crippen LogP contribution in [0.15, 0.2) is 6.20 Å². The molecule has 2 heterocycles. The van der Waals surface area contributed by atoms with Crippen LogP contribution in [0.1, 0.15) is 31.6 Å². The lowest BCUT2D eigenvalue weighted by Gasteiger charge is -2.34. The highest BCUT2D eigenvalue weighted by molar-refractivity contribution is 7.15. The Balaban J connectivity index is 1.92. The molecule has 1 aliphatic heterocycles. The zero-order valence-corrected chi connectivity index (χ0v) is 12.4. The number of rotatable bonds is 4. The van der Waals surface area contributed by atoms with Gasteiger partial charge in [0.1, 0.15) is 4.88 Å². The fraction of sp³-hybridized carbons (Fsp3) is 0.769. The minimum Gasteiger partial charge on any atom is -0.378 e. The van der Waals surface area contributed by atoms with Gasteiger partial charge in [-0.05, 0) is 18.8 Å². The number of nitrogens with zero attached hydrogens (tertiary/aromatic N) is 1. The number of aromatic nitrogens is 1. The molecule has 1 N–H and O–H groups in total. The van der Waals surface area contributed by atoms with Gasteiger partial charge in [0.25, 0.3) is 0 Å². The molecule has 0 saturated carbocycles. The molecule has 1 saturated heterocycles. The first-order chi connectivity index (χ1) is 9.38. The Morgan fingerprint density at radius 3 is 2.85 bits per heavy atom. The van der Waals surface area contributed by atoms with Crippen LogP contribution in [0.5, 0.6) is 0 Å². The van der Waals surface area contributed by atoms with Crippen molar-refractivity contribution in [1.29, 1.82) is 0 Å². The second kappa shape index (κ2) is 6.30. The summed E-state index contributed by atoms with van der Waals surface area (Å²) in [6.45, 7) is 5.59. The Bertz CT molecular complexity index is 433. The fourth-order valence-electron chi connectivity index (χ4n) is 2.53. The molecule has 2 rings (SSSR count). The number of halogens is 3. The van der Waals surface area contributed by atoms with Crippen molar-refractivity contribution in [1.82, 2.24) is 4.98 Å². The maximum atomic E-state index is 12.5. The van der Waals surface area contributed by atoms with Crippen molar-refractivity contribution in [3.63, 3.8) is 0 Å². The van der Waals surface area contributed by atoms with Crippen LogP contribution in [0.2, 0.25) is 0 Å². The number of nitrogens with one attached hydrogen (secondary N) is 1. The first-order valence-corrected chi connectivity index (χ1v) is 7.58. The summed E-state index contributed by atoms with van der Waals surface area (Å²) in [4.78, 5) is 3.12. The normalized spacial score (nSPS) is 24.1. The summed E-state index contributed by atoms with van der Waals surface area (Å²) in [5.41, 5.74) is 0. The summed E-state index contributed by atoms with van der Waals surface area (Å²) in [6.07, 6.45) is -1.23. The lowest BCUT2D eigenvalue weighted by Crippen LogP contribution is -2.37. The number of hydrogen-bond acceptors (Lipinski definition) is 4. The van der Waals surface area contributed by atoms with Crippen molar-refractivity contribution < 1.29 is 17.9 Å². The summed E-state index contributed by atoms with van der Waals surface area (Å²) in [5, 5.41) is 3.34. The summed E-state index contributed by atoms with van der Waals surface area (Å²) < 4.78 is 43.2. The smallest absolute Gasteiger partial charge is 0.378 e. The fourth-order valence-corrected chi connectivity index (χ4v) is 3.22. The zero-order valence-electron chi connectivity index (χ0n) is 11.5. The zero-order chi connectivity index (χ0) is 14.8. The highest BCUT2D eigenvalue weighted by atomic mass is 32.1. The molecule has 3 nitrogen and oxygen atoms in total. The standard InChI is InChI=1S/C13H19F3N2OS/c1-8(2)11-9(4-3-5-19-11)6-17-12-18-7-10(20-12)13(14,15)16/h7-9,11H,3-6H2,1-2H3,(H,17,18). The molecule has 0 aliphatic carbocycles. The highest BCUT2D eigenvalue weighted by Gasteiger charge is 2.33. The van der Waals surface area contributed by atoms with Gasteiger partial charge in [0.2, 0.25) is 0 Å². The van der Waals surface area contributed by atoms with E-state index in [4.69, 9.17) is 4.74 Å². The lowest BCUT2D eigenvalue weighted by atomic mass is 9.87. The summed E-state index contributed by atoms with van der Waals surface area (Å²) in [7, 11) is 0. The largest absolute Gasteiger partial charge is 0.427 e. The van der Waals surface area contributed by atoms with E-state index in [9.17, 15) is 13.2 Å². The van der Waals surface area contributed by atoms with Crippen LogP contribution in [-0.4, -0.2) is 24.2 Å². The van der Waals surface area contributed by atoms with Gasteiger partial charge in [0, 0.05) is 19.1 Å². The SMILES string of the molecule is CC(C)C1OCCCC1CNc1ncc(C(F)(F)F)s1. The molecule has 1 fully saturated rings. The molecule has 1 aliphatic rings. The molecule has 1 aromatic heterocycles. The van der Waals surface area contributed by atoms with Crippen molar-refractivity contribution in [2.24, 2.45) is 11.8 Å². The number of anilines is 1. The summed E-state index contributed by atoms with van der Waals surface area (Å²) in [6, 6.07) is 0. The van der Waals surface area contributed by atoms with Crippen molar-refractivity contribution in [2.45, 2.75) is 39.0 Å². The van der Waals surface area contributed by atoms with E-state index in [-0.39, 0.29) is 6.10 Å². The van der Waals surface area contributed by atoms with Crippen LogP contribution in [0.25, 0.3) is 0 Å². The van der Waals surface area contributed by atoms with Crippen LogP contribution in [0.4, 0.5) is 18.3 Å². The second-order valence-corrected chi connectivity index (χ2v) is 6.42. The lowest BCUT2D eigenvalue weighted by molar-refractivity contribution is -0.134. The van der Waals surface area contributed by atoms with Gasteiger partial charge in [-0.2, -0.15) is 13.2 Å². The Morgan fingerprint density at radius 1 is 1.50 bits per heavy atom. The van der Waals surface area contributed by atoms with Gasteiger partial charge in [0.15, 0.2) is 5.13 Å². The van der Waals surface area contributed by atoms with Crippen LogP contribution in [-0.2, 0) is 10.9 Å². The van der Waals surface area contributed by atoms with E-state index >= 15 is 0 Å². The van der Waals surface area contributed by atoms with Crippen LogP contribution < -0.4 is 5.32 Å². The predicted molar refractivity (Wildman–Crippen MR) is 72.9 cm³/mol. The molecule has 20 heavy (non-hydrogen) atoms. The number of alkyl halides is 3. The molecule has 2 atom stereocenters. The van der Waals surface area contributed by atoms with E-state index < -0.39 is 11.1 Å². The monoisotopic (exact) mass is 308 g/mol. The van der Waals surface area contributed by atoms with E-state index in [1.54, 1.807) is 0 Å². The molecule has 114 valence electrons. The number of hydrogen-bond donors (Lipinski definition) is 1. The molecule has 0 amide bonds. The average Bonchev–Trinajstić information content (AvgIpc) is 2.85. The third-order valence-corrected chi connectivity index (χ3v) is 4.45. The molecule has 1 aromatic rings.